The molecule has 0 spiro atoms. The Morgan fingerprint density at radius 2 is 1.71 bits per heavy atom. The molecule has 0 bridgehead atoms. The topological polar surface area (TPSA) is 107 Å². The van der Waals surface area contributed by atoms with E-state index in [1.54, 1.807) is 36.4 Å². The molecule has 31 heavy (non-hydrogen) atoms. The number of benzene rings is 2. The van der Waals surface area contributed by atoms with Gasteiger partial charge in [-0.25, -0.2) is 0 Å². The van der Waals surface area contributed by atoms with E-state index in [4.69, 9.17) is 4.74 Å². The lowest BCUT2D eigenvalue weighted by Crippen LogP contribution is -2.30. The number of methoxy groups -OCH3 is 1. The highest BCUT2D eigenvalue weighted by Gasteiger charge is 2.45. The molecule has 1 heterocycles. The van der Waals surface area contributed by atoms with Crippen LogP contribution in [-0.2, 0) is 14.4 Å². The molecule has 1 fully saturated rings. The number of aliphatic hydroxyl groups excluding tert-OH is 1. The van der Waals surface area contributed by atoms with E-state index >= 15 is 0 Å². The molecule has 0 radical (unpaired) electrons. The molecule has 1 amide bonds. The molecule has 2 aromatic rings. The van der Waals surface area contributed by atoms with Gasteiger partial charge in [-0.05, 0) is 49.1 Å². The zero-order chi connectivity index (χ0) is 22.4. The largest absolute Gasteiger partial charge is 0.550 e. The highest BCUT2D eigenvalue weighted by Crippen LogP contribution is 2.39. The summed E-state index contributed by atoms with van der Waals surface area (Å²) in [5.41, 5.74) is 1.16. The van der Waals surface area contributed by atoms with Gasteiger partial charge < -0.3 is 24.6 Å². The van der Waals surface area contributed by atoms with Crippen molar-refractivity contribution < 1.29 is 29.3 Å². The van der Waals surface area contributed by atoms with Crippen molar-refractivity contribution in [3.63, 3.8) is 0 Å². The molecular formula is C24H24NO6-. The molecule has 162 valence electrons. The van der Waals surface area contributed by atoms with Gasteiger partial charge in [0.05, 0.1) is 18.7 Å². The zero-order valence-corrected chi connectivity index (χ0v) is 17.2. The van der Waals surface area contributed by atoms with E-state index in [2.05, 4.69) is 0 Å². The molecule has 1 aliphatic rings. The van der Waals surface area contributed by atoms with Crippen molar-refractivity contribution in [1.29, 1.82) is 0 Å². The third-order valence-electron chi connectivity index (χ3n) is 5.30. The molecule has 1 atom stereocenters. The van der Waals surface area contributed by atoms with Gasteiger partial charge in [0, 0.05) is 18.1 Å². The van der Waals surface area contributed by atoms with Crippen LogP contribution in [0.1, 0.15) is 42.9 Å². The molecule has 1 saturated heterocycles. The van der Waals surface area contributed by atoms with Crippen LogP contribution >= 0.6 is 0 Å². The second kappa shape index (κ2) is 9.93. The summed E-state index contributed by atoms with van der Waals surface area (Å²) in [4.78, 5) is 37.7. The lowest BCUT2D eigenvalue weighted by atomic mass is 9.95. The monoisotopic (exact) mass is 422 g/mol. The second-order valence-electron chi connectivity index (χ2n) is 7.31. The number of aliphatic carboxylic acids is 1. The number of Topliss-reactive ketones (excluding diaryl/α,β-unsaturated/α-hetero) is 1. The number of amides is 1. The minimum Gasteiger partial charge on any atom is -0.550 e. The van der Waals surface area contributed by atoms with Crippen molar-refractivity contribution in [3.05, 3.63) is 71.3 Å². The minimum atomic E-state index is -1.11. The third-order valence-corrected chi connectivity index (χ3v) is 5.30. The number of carbonyl (C=O) groups is 3. The molecule has 1 N–H and O–H groups in total. The van der Waals surface area contributed by atoms with Gasteiger partial charge in [-0.1, -0.05) is 36.8 Å². The Kier molecular flexibility index (Phi) is 7.07. The number of hydrogen-bond donors (Lipinski definition) is 1. The third kappa shape index (κ3) is 4.94. The SMILES string of the molecule is COc1ccc(C(O)=C2C(=O)C(=O)N(CCCCCC(=O)[O-])[C@H]2c2ccccc2)cc1. The summed E-state index contributed by atoms with van der Waals surface area (Å²) in [5.74, 6) is -2.16. The van der Waals surface area contributed by atoms with Crippen molar-refractivity contribution in [1.82, 2.24) is 4.90 Å². The summed E-state index contributed by atoms with van der Waals surface area (Å²) in [6.45, 7) is 0.274. The van der Waals surface area contributed by atoms with Gasteiger partial charge in [0.15, 0.2) is 0 Å². The summed E-state index contributed by atoms with van der Waals surface area (Å²) in [7, 11) is 1.53. The van der Waals surface area contributed by atoms with Crippen LogP contribution in [0.25, 0.3) is 5.76 Å². The fourth-order valence-corrected chi connectivity index (χ4v) is 3.73. The van der Waals surface area contributed by atoms with Crippen LogP contribution < -0.4 is 9.84 Å². The Morgan fingerprint density at radius 3 is 2.32 bits per heavy atom. The predicted molar refractivity (Wildman–Crippen MR) is 112 cm³/mol. The molecule has 0 saturated carbocycles. The molecule has 2 aromatic carbocycles. The van der Waals surface area contributed by atoms with Crippen molar-refractivity contribution in [2.75, 3.05) is 13.7 Å². The molecule has 7 heteroatoms. The van der Waals surface area contributed by atoms with Gasteiger partial charge in [0.1, 0.15) is 11.5 Å². The second-order valence-corrected chi connectivity index (χ2v) is 7.31. The van der Waals surface area contributed by atoms with Crippen LogP contribution in [0.2, 0.25) is 0 Å². The number of nitrogens with zero attached hydrogens (tertiary/aromatic N) is 1. The maximum Gasteiger partial charge on any atom is 0.295 e. The van der Waals surface area contributed by atoms with Crippen LogP contribution in [0.4, 0.5) is 0 Å². The first-order valence-electron chi connectivity index (χ1n) is 10.1. The minimum absolute atomic E-state index is 0.0381. The first-order chi connectivity index (χ1) is 14.9. The van der Waals surface area contributed by atoms with E-state index in [-0.39, 0.29) is 24.3 Å². The number of likely N-dealkylation sites (tertiary alicyclic amines) is 1. The van der Waals surface area contributed by atoms with E-state index in [9.17, 15) is 24.6 Å². The van der Waals surface area contributed by atoms with Gasteiger partial charge in [-0.15, -0.1) is 0 Å². The summed E-state index contributed by atoms with van der Waals surface area (Å²) < 4.78 is 5.13. The summed E-state index contributed by atoms with van der Waals surface area (Å²) in [6, 6.07) is 14.9. The van der Waals surface area contributed by atoms with E-state index < -0.39 is 23.7 Å². The molecule has 0 aliphatic carbocycles. The predicted octanol–water partition coefficient (Wildman–Crippen LogP) is 2.43. The smallest absolute Gasteiger partial charge is 0.295 e. The number of rotatable bonds is 9. The average molecular weight is 422 g/mol. The quantitative estimate of drug-likeness (QED) is 0.288. The maximum absolute atomic E-state index is 12.9. The number of ether oxygens (including phenoxy) is 1. The molecule has 1 aliphatic heterocycles. The number of hydrogen-bond acceptors (Lipinski definition) is 6. The van der Waals surface area contributed by atoms with E-state index in [0.29, 0.717) is 36.1 Å². The fourth-order valence-electron chi connectivity index (χ4n) is 3.73. The van der Waals surface area contributed by atoms with E-state index in [1.165, 1.54) is 12.0 Å². The van der Waals surface area contributed by atoms with Crippen molar-refractivity contribution >= 4 is 23.4 Å². The summed E-state index contributed by atoms with van der Waals surface area (Å²) >= 11 is 0. The van der Waals surface area contributed by atoms with Crippen LogP contribution in [0, 0.1) is 0 Å². The Bertz CT molecular complexity index is 981. The first-order valence-corrected chi connectivity index (χ1v) is 10.1. The van der Waals surface area contributed by atoms with Crippen LogP contribution in [0.5, 0.6) is 5.75 Å². The van der Waals surface area contributed by atoms with Crippen molar-refractivity contribution in [3.8, 4) is 5.75 Å². The van der Waals surface area contributed by atoms with Gasteiger partial charge in [0.25, 0.3) is 11.7 Å². The zero-order valence-electron chi connectivity index (χ0n) is 17.2. The summed E-state index contributed by atoms with van der Waals surface area (Å²) in [6.07, 6.45) is 1.51. The standard InChI is InChI=1S/C24H25NO6/c1-31-18-13-11-17(12-14-18)22(28)20-21(16-8-4-2-5-9-16)25(24(30)23(20)29)15-7-3-6-10-19(26)27/h2,4-5,8-9,11-14,21,28H,3,6-7,10,15H2,1H3,(H,26,27)/p-1/t21-/m0/s1. The number of carboxylic acid groups (broad SMARTS) is 1. The van der Waals surface area contributed by atoms with Crippen molar-refractivity contribution in [2.24, 2.45) is 0 Å². The Hall–Kier alpha value is -3.61. The Morgan fingerprint density at radius 1 is 1.03 bits per heavy atom. The van der Waals surface area contributed by atoms with Gasteiger partial charge in [-0.2, -0.15) is 0 Å². The average Bonchev–Trinajstić information content (AvgIpc) is 3.03. The van der Waals surface area contributed by atoms with Gasteiger partial charge in [0.2, 0.25) is 0 Å². The number of carbonyl (C=O) groups excluding carboxylic acids is 3. The number of unbranched alkanes of at least 4 members (excludes halogenated alkanes) is 2. The van der Waals surface area contributed by atoms with Crippen LogP contribution in [0.15, 0.2) is 60.2 Å². The lowest BCUT2D eigenvalue weighted by molar-refractivity contribution is -0.305. The van der Waals surface area contributed by atoms with Crippen LogP contribution in [0.3, 0.4) is 0 Å². The van der Waals surface area contributed by atoms with Gasteiger partial charge >= 0.3 is 0 Å². The Balaban J connectivity index is 1.94. The van der Waals surface area contributed by atoms with Crippen LogP contribution in [-0.4, -0.2) is 41.3 Å². The van der Waals surface area contributed by atoms with Gasteiger partial charge in [-0.3, -0.25) is 9.59 Å². The van der Waals surface area contributed by atoms with E-state index in [1.807, 2.05) is 18.2 Å². The number of ketones is 1. The normalized spacial score (nSPS) is 17.7. The molecule has 3 rings (SSSR count). The van der Waals surface area contributed by atoms with Crippen molar-refractivity contribution in [2.45, 2.75) is 31.7 Å². The molecule has 7 nitrogen and oxygen atoms in total. The number of carboxylic acids is 1. The summed E-state index contributed by atoms with van der Waals surface area (Å²) in [5, 5.41) is 21.5. The molecule has 0 unspecified atom stereocenters. The molecular weight excluding hydrogens is 398 g/mol. The number of aliphatic hydroxyl groups is 1. The highest BCUT2D eigenvalue weighted by atomic mass is 16.5. The fraction of sp³-hybridized carbons (Fsp3) is 0.292. The maximum atomic E-state index is 12.9. The molecule has 0 aromatic heterocycles. The Labute approximate surface area is 180 Å². The van der Waals surface area contributed by atoms with E-state index in [0.717, 1.165) is 0 Å². The lowest BCUT2D eigenvalue weighted by Gasteiger charge is -2.25. The highest BCUT2D eigenvalue weighted by molar-refractivity contribution is 6.46. The first kappa shape index (κ1) is 22.1.